The van der Waals surface area contributed by atoms with Gasteiger partial charge in [0.15, 0.2) is 0 Å². The van der Waals surface area contributed by atoms with E-state index in [1.54, 1.807) is 24.3 Å². The average Bonchev–Trinajstić information content (AvgIpc) is 3.02. The second-order valence-electron chi connectivity index (χ2n) is 3.79. The number of rotatable bonds is 3. The second kappa shape index (κ2) is 4.21. The summed E-state index contributed by atoms with van der Waals surface area (Å²) in [6.45, 7) is 0.529. The van der Waals surface area contributed by atoms with Gasteiger partial charge in [0.2, 0.25) is 0 Å². The molecule has 2 rings (SSSR count). The third kappa shape index (κ3) is 3.16. The number of amides is 1. The Hall–Kier alpha value is -1.71. The van der Waals surface area contributed by atoms with Crippen LogP contribution in [-0.4, -0.2) is 12.7 Å². The van der Waals surface area contributed by atoms with E-state index in [9.17, 15) is 4.79 Å². The van der Waals surface area contributed by atoms with Gasteiger partial charge >= 0.3 is 6.09 Å². The highest BCUT2D eigenvalue weighted by atomic mass is 16.5. The van der Waals surface area contributed by atoms with E-state index in [2.05, 4.69) is 5.32 Å². The number of nitrogens with two attached hydrogens (primary N) is 1. The molecule has 15 heavy (non-hydrogen) atoms. The van der Waals surface area contributed by atoms with Crippen LogP contribution >= 0.6 is 0 Å². The quantitative estimate of drug-likeness (QED) is 0.745. The van der Waals surface area contributed by atoms with E-state index < -0.39 is 6.09 Å². The van der Waals surface area contributed by atoms with Gasteiger partial charge in [0, 0.05) is 11.4 Å². The van der Waals surface area contributed by atoms with E-state index in [1.165, 1.54) is 12.8 Å². The first-order valence-corrected chi connectivity index (χ1v) is 5.03. The first kappa shape index (κ1) is 9.83. The Kier molecular flexibility index (Phi) is 2.76. The maximum Gasteiger partial charge on any atom is 0.411 e. The molecule has 0 spiro atoms. The number of hydrogen-bond donors (Lipinski definition) is 2. The fourth-order valence-corrected chi connectivity index (χ4v) is 1.20. The summed E-state index contributed by atoms with van der Waals surface area (Å²) < 4.78 is 5.02. The Balaban J connectivity index is 1.79. The molecule has 1 aromatic rings. The molecule has 3 N–H and O–H groups in total. The molecule has 1 saturated carbocycles. The van der Waals surface area contributed by atoms with Gasteiger partial charge in [-0.05, 0) is 43.0 Å². The molecule has 1 aliphatic carbocycles. The Morgan fingerprint density at radius 2 is 2.07 bits per heavy atom. The molecule has 1 amide bonds. The van der Waals surface area contributed by atoms with Gasteiger partial charge in [-0.25, -0.2) is 4.79 Å². The van der Waals surface area contributed by atoms with Crippen LogP contribution < -0.4 is 11.1 Å². The van der Waals surface area contributed by atoms with Crippen LogP contribution in [-0.2, 0) is 4.74 Å². The fraction of sp³-hybridized carbons (Fsp3) is 0.364. The highest BCUT2D eigenvalue weighted by Crippen LogP contribution is 2.28. The molecule has 4 nitrogen and oxygen atoms in total. The van der Waals surface area contributed by atoms with Crippen LogP contribution in [0.3, 0.4) is 0 Å². The van der Waals surface area contributed by atoms with Gasteiger partial charge in [-0.3, -0.25) is 5.32 Å². The number of nitrogens with one attached hydrogen (secondary N) is 1. The van der Waals surface area contributed by atoms with E-state index in [-0.39, 0.29) is 0 Å². The maximum atomic E-state index is 11.3. The van der Waals surface area contributed by atoms with Crippen molar-refractivity contribution >= 4 is 17.5 Å². The first-order chi connectivity index (χ1) is 7.24. The Morgan fingerprint density at radius 1 is 1.40 bits per heavy atom. The highest BCUT2D eigenvalue weighted by Gasteiger charge is 2.22. The summed E-state index contributed by atoms with van der Waals surface area (Å²) in [5, 5.41) is 2.64. The molecule has 1 fully saturated rings. The lowest BCUT2D eigenvalue weighted by Gasteiger charge is -2.06. The minimum absolute atomic E-state index is 0.397. The molecule has 0 unspecified atom stereocenters. The van der Waals surface area contributed by atoms with E-state index in [0.717, 1.165) is 0 Å². The van der Waals surface area contributed by atoms with E-state index >= 15 is 0 Å². The van der Waals surface area contributed by atoms with Gasteiger partial charge in [0.1, 0.15) is 0 Å². The van der Waals surface area contributed by atoms with Crippen LogP contribution in [0.5, 0.6) is 0 Å². The van der Waals surface area contributed by atoms with Crippen LogP contribution in [0.2, 0.25) is 0 Å². The number of ether oxygens (including phenoxy) is 1. The Morgan fingerprint density at radius 3 is 2.67 bits per heavy atom. The minimum atomic E-state index is -0.397. The smallest absolute Gasteiger partial charge is 0.411 e. The number of nitrogen functional groups attached to an aromatic ring is 1. The fourth-order valence-electron chi connectivity index (χ4n) is 1.20. The van der Waals surface area contributed by atoms with Crippen LogP contribution in [0.1, 0.15) is 12.8 Å². The molecular weight excluding hydrogens is 192 g/mol. The zero-order chi connectivity index (χ0) is 10.7. The van der Waals surface area contributed by atoms with Crippen molar-refractivity contribution in [3.8, 4) is 0 Å². The average molecular weight is 206 g/mol. The number of carbonyl (C=O) groups excluding carboxylic acids is 1. The molecule has 1 aliphatic rings. The molecule has 4 heteroatoms. The third-order valence-corrected chi connectivity index (χ3v) is 2.30. The lowest BCUT2D eigenvalue weighted by atomic mass is 10.3. The molecule has 0 radical (unpaired) electrons. The summed E-state index contributed by atoms with van der Waals surface area (Å²) in [5.74, 6) is 0.585. The molecule has 0 atom stereocenters. The largest absolute Gasteiger partial charge is 0.449 e. The summed E-state index contributed by atoms with van der Waals surface area (Å²) >= 11 is 0. The number of carbonyl (C=O) groups is 1. The minimum Gasteiger partial charge on any atom is -0.449 e. The Labute approximate surface area is 88.4 Å². The molecular formula is C11H14N2O2. The zero-order valence-corrected chi connectivity index (χ0v) is 8.40. The summed E-state index contributed by atoms with van der Waals surface area (Å²) in [7, 11) is 0. The van der Waals surface area contributed by atoms with Crippen LogP contribution in [0.4, 0.5) is 16.2 Å². The number of hydrogen-bond acceptors (Lipinski definition) is 3. The standard InChI is InChI=1S/C11H14N2O2/c12-9-3-5-10(6-4-9)13-11(14)15-7-8-1-2-8/h3-6,8H,1-2,7,12H2,(H,13,14). The van der Waals surface area contributed by atoms with Crippen molar-refractivity contribution in [2.45, 2.75) is 12.8 Å². The molecule has 0 heterocycles. The number of benzene rings is 1. The lowest BCUT2D eigenvalue weighted by molar-refractivity contribution is 0.156. The second-order valence-corrected chi connectivity index (χ2v) is 3.79. The predicted molar refractivity (Wildman–Crippen MR) is 58.5 cm³/mol. The van der Waals surface area contributed by atoms with E-state index in [4.69, 9.17) is 10.5 Å². The summed E-state index contributed by atoms with van der Waals surface area (Å²) in [4.78, 5) is 11.3. The van der Waals surface area contributed by atoms with Crippen molar-refractivity contribution in [1.82, 2.24) is 0 Å². The van der Waals surface area contributed by atoms with Crippen molar-refractivity contribution in [3.63, 3.8) is 0 Å². The van der Waals surface area contributed by atoms with E-state index in [1.807, 2.05) is 0 Å². The van der Waals surface area contributed by atoms with Crippen molar-refractivity contribution in [1.29, 1.82) is 0 Å². The maximum absolute atomic E-state index is 11.3. The van der Waals surface area contributed by atoms with Crippen molar-refractivity contribution in [3.05, 3.63) is 24.3 Å². The molecule has 0 aliphatic heterocycles. The Bertz CT molecular complexity index is 344. The highest BCUT2D eigenvalue weighted by molar-refractivity contribution is 5.84. The SMILES string of the molecule is Nc1ccc(NC(=O)OCC2CC2)cc1. The molecule has 80 valence electrons. The zero-order valence-electron chi connectivity index (χ0n) is 8.40. The molecule has 0 saturated heterocycles. The predicted octanol–water partition coefficient (Wildman–Crippen LogP) is 2.23. The molecule has 1 aromatic carbocycles. The lowest BCUT2D eigenvalue weighted by Crippen LogP contribution is -2.14. The molecule has 0 bridgehead atoms. The van der Waals surface area contributed by atoms with Crippen LogP contribution in [0, 0.1) is 5.92 Å². The van der Waals surface area contributed by atoms with E-state index in [0.29, 0.717) is 23.9 Å². The van der Waals surface area contributed by atoms with Gasteiger partial charge in [-0.2, -0.15) is 0 Å². The van der Waals surface area contributed by atoms with Gasteiger partial charge in [0.05, 0.1) is 6.61 Å². The van der Waals surface area contributed by atoms with Crippen LogP contribution in [0.25, 0.3) is 0 Å². The normalized spacial score (nSPS) is 14.7. The molecule has 0 aromatic heterocycles. The topological polar surface area (TPSA) is 64.3 Å². The third-order valence-electron chi connectivity index (χ3n) is 2.30. The van der Waals surface area contributed by atoms with Crippen molar-refractivity contribution in [2.24, 2.45) is 5.92 Å². The van der Waals surface area contributed by atoms with Gasteiger partial charge in [0.25, 0.3) is 0 Å². The van der Waals surface area contributed by atoms with Gasteiger partial charge < -0.3 is 10.5 Å². The summed E-state index contributed by atoms with van der Waals surface area (Å²) in [5.41, 5.74) is 6.89. The van der Waals surface area contributed by atoms with Gasteiger partial charge in [-0.15, -0.1) is 0 Å². The van der Waals surface area contributed by atoms with Crippen molar-refractivity contribution in [2.75, 3.05) is 17.7 Å². The summed E-state index contributed by atoms with van der Waals surface area (Å²) in [6.07, 6.45) is 1.95. The van der Waals surface area contributed by atoms with Crippen LogP contribution in [0.15, 0.2) is 24.3 Å². The monoisotopic (exact) mass is 206 g/mol. The summed E-state index contributed by atoms with van der Waals surface area (Å²) in [6, 6.07) is 6.95. The van der Waals surface area contributed by atoms with Crippen molar-refractivity contribution < 1.29 is 9.53 Å². The number of anilines is 2. The van der Waals surface area contributed by atoms with Gasteiger partial charge in [-0.1, -0.05) is 0 Å². The first-order valence-electron chi connectivity index (χ1n) is 5.03.